The lowest BCUT2D eigenvalue weighted by Crippen LogP contribution is -2.08. The second-order valence-corrected chi connectivity index (χ2v) is 4.57. The van der Waals surface area contributed by atoms with Crippen molar-refractivity contribution >= 4 is 17.0 Å². The molecular weight excluding hydrogens is 204 g/mol. The quantitative estimate of drug-likeness (QED) is 0.700. The van der Waals surface area contributed by atoms with E-state index in [-0.39, 0.29) is 0 Å². The predicted molar refractivity (Wildman–Crippen MR) is 64.4 cm³/mol. The van der Waals surface area contributed by atoms with Crippen LogP contribution in [0.25, 0.3) is 0 Å². The molecule has 0 unspecified atom stereocenters. The summed E-state index contributed by atoms with van der Waals surface area (Å²) in [5.41, 5.74) is 3.53. The van der Waals surface area contributed by atoms with Crippen LogP contribution in [0.15, 0.2) is 34.8 Å². The van der Waals surface area contributed by atoms with Crippen molar-refractivity contribution in [3.8, 4) is 0 Å². The van der Waals surface area contributed by atoms with Gasteiger partial charge in [-0.25, -0.2) is 4.99 Å². The SMILES string of the molecule is Cc1ccc(C)c(N=c2sccn2C)c1. The van der Waals surface area contributed by atoms with Crippen molar-refractivity contribution in [2.45, 2.75) is 13.8 Å². The highest BCUT2D eigenvalue weighted by Gasteiger charge is 1.97. The van der Waals surface area contributed by atoms with Gasteiger partial charge in [-0.1, -0.05) is 12.1 Å². The van der Waals surface area contributed by atoms with Crippen LogP contribution >= 0.6 is 11.3 Å². The van der Waals surface area contributed by atoms with Crippen molar-refractivity contribution in [2.24, 2.45) is 12.0 Å². The fourth-order valence-corrected chi connectivity index (χ4v) is 2.12. The number of aryl methyl sites for hydroxylation is 3. The van der Waals surface area contributed by atoms with Gasteiger partial charge < -0.3 is 4.57 Å². The van der Waals surface area contributed by atoms with Gasteiger partial charge in [0, 0.05) is 18.6 Å². The summed E-state index contributed by atoms with van der Waals surface area (Å²) in [4.78, 5) is 5.67. The molecule has 0 bridgehead atoms. The van der Waals surface area contributed by atoms with Crippen LogP contribution in [-0.4, -0.2) is 4.57 Å². The summed E-state index contributed by atoms with van der Waals surface area (Å²) in [7, 11) is 2.01. The summed E-state index contributed by atoms with van der Waals surface area (Å²) in [6.45, 7) is 4.18. The molecule has 2 rings (SSSR count). The van der Waals surface area contributed by atoms with Gasteiger partial charge in [-0.2, -0.15) is 0 Å². The Labute approximate surface area is 93.5 Å². The van der Waals surface area contributed by atoms with E-state index in [4.69, 9.17) is 0 Å². The van der Waals surface area contributed by atoms with E-state index in [1.165, 1.54) is 11.1 Å². The molecule has 3 heteroatoms. The first-order valence-electron chi connectivity index (χ1n) is 4.89. The Balaban J connectivity index is 2.57. The molecule has 0 aliphatic carbocycles. The second kappa shape index (κ2) is 4.03. The minimum Gasteiger partial charge on any atom is -0.327 e. The fourth-order valence-electron chi connectivity index (χ4n) is 1.38. The maximum Gasteiger partial charge on any atom is 0.189 e. The molecular formula is C12H14N2S. The second-order valence-electron chi connectivity index (χ2n) is 3.70. The van der Waals surface area contributed by atoms with E-state index in [1.807, 2.05) is 23.2 Å². The highest BCUT2D eigenvalue weighted by molar-refractivity contribution is 7.07. The van der Waals surface area contributed by atoms with E-state index in [0.717, 1.165) is 10.5 Å². The third-order valence-electron chi connectivity index (χ3n) is 2.34. The van der Waals surface area contributed by atoms with Crippen LogP contribution in [0.2, 0.25) is 0 Å². The monoisotopic (exact) mass is 218 g/mol. The summed E-state index contributed by atoms with van der Waals surface area (Å²) >= 11 is 1.66. The Morgan fingerprint density at radius 3 is 2.73 bits per heavy atom. The number of hydrogen-bond donors (Lipinski definition) is 0. The Bertz CT molecular complexity index is 535. The molecule has 0 N–H and O–H groups in total. The molecule has 0 spiro atoms. The van der Waals surface area contributed by atoms with E-state index in [2.05, 4.69) is 37.0 Å². The molecule has 2 nitrogen and oxygen atoms in total. The Morgan fingerprint density at radius 1 is 1.27 bits per heavy atom. The first-order chi connectivity index (χ1) is 7.16. The summed E-state index contributed by atoms with van der Waals surface area (Å²) < 4.78 is 2.03. The fraction of sp³-hybridized carbons (Fsp3) is 0.250. The van der Waals surface area contributed by atoms with Crippen LogP contribution < -0.4 is 4.80 Å². The zero-order chi connectivity index (χ0) is 10.8. The lowest BCUT2D eigenvalue weighted by atomic mass is 10.1. The Kier molecular flexibility index (Phi) is 2.73. The van der Waals surface area contributed by atoms with Gasteiger partial charge in [-0.3, -0.25) is 0 Å². The lowest BCUT2D eigenvalue weighted by molar-refractivity contribution is 0.873. The highest BCUT2D eigenvalue weighted by atomic mass is 32.1. The normalized spacial score (nSPS) is 12.1. The molecule has 15 heavy (non-hydrogen) atoms. The van der Waals surface area contributed by atoms with Crippen LogP contribution in [0.1, 0.15) is 11.1 Å². The topological polar surface area (TPSA) is 17.3 Å². The van der Waals surface area contributed by atoms with Gasteiger partial charge in [0.1, 0.15) is 0 Å². The Morgan fingerprint density at radius 2 is 2.07 bits per heavy atom. The van der Waals surface area contributed by atoms with Gasteiger partial charge in [0.2, 0.25) is 0 Å². The maximum absolute atomic E-state index is 4.64. The number of thiazole rings is 1. The highest BCUT2D eigenvalue weighted by Crippen LogP contribution is 2.18. The van der Waals surface area contributed by atoms with Gasteiger partial charge in [0.05, 0.1) is 5.69 Å². The van der Waals surface area contributed by atoms with Crippen molar-refractivity contribution < 1.29 is 0 Å². The van der Waals surface area contributed by atoms with Crippen molar-refractivity contribution in [3.63, 3.8) is 0 Å². The summed E-state index contributed by atoms with van der Waals surface area (Å²) in [6.07, 6.45) is 2.02. The van der Waals surface area contributed by atoms with E-state index in [0.29, 0.717) is 0 Å². The minimum atomic E-state index is 1.03. The number of aromatic nitrogens is 1. The van der Waals surface area contributed by atoms with Crippen molar-refractivity contribution in [1.82, 2.24) is 4.57 Å². The minimum absolute atomic E-state index is 1.03. The largest absolute Gasteiger partial charge is 0.327 e. The van der Waals surface area contributed by atoms with Crippen LogP contribution in [0.3, 0.4) is 0 Å². The van der Waals surface area contributed by atoms with Gasteiger partial charge in [0.15, 0.2) is 4.80 Å². The lowest BCUT2D eigenvalue weighted by Gasteiger charge is -2.00. The van der Waals surface area contributed by atoms with Crippen LogP contribution in [0.4, 0.5) is 5.69 Å². The molecule has 0 radical (unpaired) electrons. The van der Waals surface area contributed by atoms with Crippen LogP contribution in [0, 0.1) is 13.8 Å². The first-order valence-corrected chi connectivity index (χ1v) is 5.77. The van der Waals surface area contributed by atoms with Gasteiger partial charge >= 0.3 is 0 Å². The smallest absolute Gasteiger partial charge is 0.189 e. The molecule has 0 amide bonds. The molecule has 1 aromatic carbocycles. The van der Waals surface area contributed by atoms with Crippen LogP contribution in [-0.2, 0) is 7.05 Å². The average Bonchev–Trinajstić information content (AvgIpc) is 2.58. The molecule has 0 aliphatic rings. The van der Waals surface area contributed by atoms with E-state index < -0.39 is 0 Å². The van der Waals surface area contributed by atoms with Crippen molar-refractivity contribution in [2.75, 3.05) is 0 Å². The van der Waals surface area contributed by atoms with E-state index in [1.54, 1.807) is 11.3 Å². The molecule has 0 saturated heterocycles. The number of hydrogen-bond acceptors (Lipinski definition) is 2. The first kappa shape index (κ1) is 10.2. The molecule has 2 aromatic rings. The summed E-state index contributed by atoms with van der Waals surface area (Å²) in [5, 5.41) is 2.05. The Hall–Kier alpha value is -1.35. The number of nitrogens with zero attached hydrogens (tertiary/aromatic N) is 2. The third-order valence-corrected chi connectivity index (χ3v) is 3.19. The van der Waals surface area contributed by atoms with Crippen molar-refractivity contribution in [3.05, 3.63) is 45.7 Å². The average molecular weight is 218 g/mol. The summed E-state index contributed by atoms with van der Waals surface area (Å²) in [5.74, 6) is 0. The van der Waals surface area contributed by atoms with Gasteiger partial charge in [-0.15, -0.1) is 11.3 Å². The molecule has 0 fully saturated rings. The third kappa shape index (κ3) is 2.18. The summed E-state index contributed by atoms with van der Waals surface area (Å²) in [6, 6.07) is 6.35. The molecule has 0 aliphatic heterocycles. The zero-order valence-electron chi connectivity index (χ0n) is 9.19. The van der Waals surface area contributed by atoms with Gasteiger partial charge in [-0.05, 0) is 31.0 Å². The zero-order valence-corrected chi connectivity index (χ0v) is 10.0. The van der Waals surface area contributed by atoms with E-state index in [9.17, 15) is 0 Å². The van der Waals surface area contributed by atoms with Crippen molar-refractivity contribution in [1.29, 1.82) is 0 Å². The molecule has 1 aromatic heterocycles. The number of benzene rings is 1. The molecule has 78 valence electrons. The molecule has 0 atom stereocenters. The molecule has 0 saturated carbocycles. The maximum atomic E-state index is 4.64. The predicted octanol–water partition coefficient (Wildman–Crippen LogP) is 2.94. The van der Waals surface area contributed by atoms with E-state index >= 15 is 0 Å². The molecule has 1 heterocycles. The van der Waals surface area contributed by atoms with Crippen LogP contribution in [0.5, 0.6) is 0 Å². The van der Waals surface area contributed by atoms with Gasteiger partial charge in [0.25, 0.3) is 0 Å². The number of rotatable bonds is 1. The standard InChI is InChI=1S/C12H14N2S/c1-9-4-5-10(2)11(8-9)13-12-14(3)6-7-15-12/h4-8H,1-3H3.